The zero-order chi connectivity index (χ0) is 16.5. The molecule has 118 valence electrons. The van der Waals surface area contributed by atoms with Crippen LogP contribution in [-0.4, -0.2) is 13.4 Å². The molecule has 0 aliphatic rings. The van der Waals surface area contributed by atoms with Crippen LogP contribution in [0.1, 0.15) is 36.5 Å². The minimum absolute atomic E-state index is 0.0104. The summed E-state index contributed by atoms with van der Waals surface area (Å²) >= 11 is 5.83. The van der Waals surface area contributed by atoms with E-state index in [9.17, 15) is 8.42 Å². The van der Waals surface area contributed by atoms with E-state index in [4.69, 9.17) is 15.8 Å². The highest BCUT2D eigenvalue weighted by molar-refractivity contribution is 7.87. The fraction of sp³-hybridized carbons (Fsp3) is 0.312. The summed E-state index contributed by atoms with van der Waals surface area (Å²) in [4.78, 5) is 3.85. The summed E-state index contributed by atoms with van der Waals surface area (Å²) in [5.41, 5.74) is 2.35. The normalized spacial score (nSPS) is 11.7. The first kappa shape index (κ1) is 16.8. The summed E-state index contributed by atoms with van der Waals surface area (Å²) in [6.07, 6.45) is 1.20. The molecule has 0 amide bonds. The average Bonchev–Trinajstić information content (AvgIpc) is 2.43. The van der Waals surface area contributed by atoms with Gasteiger partial charge in [0.15, 0.2) is 0 Å². The third-order valence-corrected chi connectivity index (χ3v) is 4.95. The van der Waals surface area contributed by atoms with E-state index >= 15 is 0 Å². The van der Waals surface area contributed by atoms with Gasteiger partial charge in [-0.15, -0.1) is 0 Å². The van der Waals surface area contributed by atoms with Crippen molar-refractivity contribution in [3.63, 3.8) is 0 Å². The van der Waals surface area contributed by atoms with Crippen molar-refractivity contribution < 1.29 is 12.6 Å². The largest absolute Gasteiger partial charge is 0.379 e. The molecule has 1 heterocycles. The van der Waals surface area contributed by atoms with Crippen LogP contribution in [0, 0.1) is 13.8 Å². The van der Waals surface area contributed by atoms with Gasteiger partial charge < -0.3 is 4.18 Å². The highest BCUT2D eigenvalue weighted by Gasteiger charge is 2.20. The Morgan fingerprint density at radius 3 is 2.41 bits per heavy atom. The highest BCUT2D eigenvalue weighted by Crippen LogP contribution is 2.27. The second-order valence-electron chi connectivity index (χ2n) is 5.50. The van der Waals surface area contributed by atoms with Crippen LogP contribution in [0.2, 0.25) is 5.15 Å². The van der Waals surface area contributed by atoms with E-state index in [-0.39, 0.29) is 16.0 Å². The minimum atomic E-state index is -3.94. The van der Waals surface area contributed by atoms with Gasteiger partial charge in [0.05, 0.1) is 6.20 Å². The third-order valence-electron chi connectivity index (χ3n) is 3.36. The molecule has 1 aromatic carbocycles. The van der Waals surface area contributed by atoms with Crippen LogP contribution in [0.5, 0.6) is 5.75 Å². The Labute approximate surface area is 136 Å². The van der Waals surface area contributed by atoms with E-state index in [2.05, 4.69) is 4.98 Å². The van der Waals surface area contributed by atoms with Crippen molar-refractivity contribution in [2.45, 2.75) is 38.5 Å². The van der Waals surface area contributed by atoms with E-state index in [1.807, 2.05) is 26.0 Å². The van der Waals surface area contributed by atoms with Crippen LogP contribution in [0.4, 0.5) is 0 Å². The number of hydrogen-bond donors (Lipinski definition) is 0. The Balaban J connectivity index is 2.40. The first-order chi connectivity index (χ1) is 10.2. The van der Waals surface area contributed by atoms with Gasteiger partial charge >= 0.3 is 10.1 Å². The number of halogens is 1. The molecule has 0 atom stereocenters. The second-order valence-corrected chi connectivity index (χ2v) is 7.40. The Bertz CT molecular complexity index is 801. The third kappa shape index (κ3) is 3.59. The van der Waals surface area contributed by atoms with Crippen LogP contribution in [-0.2, 0) is 10.1 Å². The van der Waals surface area contributed by atoms with Crippen LogP contribution < -0.4 is 4.18 Å². The Hall–Kier alpha value is -1.59. The number of aryl methyl sites for hydroxylation is 2. The number of pyridine rings is 1. The average molecular weight is 340 g/mol. The monoisotopic (exact) mass is 339 g/mol. The van der Waals surface area contributed by atoms with Crippen molar-refractivity contribution in [1.29, 1.82) is 0 Å². The van der Waals surface area contributed by atoms with E-state index in [0.717, 1.165) is 11.1 Å². The second kappa shape index (κ2) is 6.26. The summed E-state index contributed by atoms with van der Waals surface area (Å²) < 4.78 is 30.1. The van der Waals surface area contributed by atoms with Crippen molar-refractivity contribution >= 4 is 21.7 Å². The molecule has 0 fully saturated rings. The van der Waals surface area contributed by atoms with Crippen LogP contribution in [0.25, 0.3) is 0 Å². The molecule has 6 heteroatoms. The number of nitrogens with zero attached hydrogens (tertiary/aromatic N) is 1. The number of aromatic nitrogens is 1. The predicted molar refractivity (Wildman–Crippen MR) is 87.1 cm³/mol. The van der Waals surface area contributed by atoms with Gasteiger partial charge in [-0.25, -0.2) is 4.98 Å². The SMILES string of the molecule is Cc1ccc(C(C)C)cc1OS(=O)(=O)c1cnc(Cl)c(C)c1. The lowest BCUT2D eigenvalue weighted by atomic mass is 10.0. The van der Waals surface area contributed by atoms with Crippen LogP contribution in [0.15, 0.2) is 35.4 Å². The summed E-state index contributed by atoms with van der Waals surface area (Å²) in [6.45, 7) is 7.57. The van der Waals surface area contributed by atoms with Crippen molar-refractivity contribution in [3.05, 3.63) is 52.3 Å². The molecule has 0 saturated heterocycles. The number of hydrogen-bond acceptors (Lipinski definition) is 4. The summed E-state index contributed by atoms with van der Waals surface area (Å²) in [5, 5.41) is 0.275. The number of rotatable bonds is 4. The van der Waals surface area contributed by atoms with E-state index in [1.54, 1.807) is 19.9 Å². The fourth-order valence-corrected chi connectivity index (χ4v) is 3.02. The smallest absolute Gasteiger partial charge is 0.340 e. The van der Waals surface area contributed by atoms with Crippen molar-refractivity contribution in [2.24, 2.45) is 0 Å². The molecule has 0 unspecified atom stereocenters. The standard InChI is InChI=1S/C16H18ClNO3S/c1-10(2)13-6-5-11(3)15(8-13)21-22(19,20)14-7-12(4)16(17)18-9-14/h5-10H,1-4H3. The van der Waals surface area contributed by atoms with Gasteiger partial charge in [0, 0.05) is 0 Å². The topological polar surface area (TPSA) is 56.3 Å². The molecule has 0 N–H and O–H groups in total. The van der Waals surface area contributed by atoms with Gasteiger partial charge in [0.1, 0.15) is 15.8 Å². The van der Waals surface area contributed by atoms with Crippen LogP contribution in [0.3, 0.4) is 0 Å². The van der Waals surface area contributed by atoms with Gasteiger partial charge in [-0.3, -0.25) is 0 Å². The molecule has 0 bridgehead atoms. The molecule has 0 spiro atoms. The van der Waals surface area contributed by atoms with E-state index in [0.29, 0.717) is 11.3 Å². The molecule has 0 radical (unpaired) electrons. The number of benzene rings is 1. The van der Waals surface area contributed by atoms with E-state index < -0.39 is 10.1 Å². The minimum Gasteiger partial charge on any atom is -0.379 e. The summed E-state index contributed by atoms with van der Waals surface area (Å²) in [6, 6.07) is 7.03. The van der Waals surface area contributed by atoms with E-state index in [1.165, 1.54) is 12.3 Å². The summed E-state index contributed by atoms with van der Waals surface area (Å²) in [7, 11) is -3.94. The lowest BCUT2D eigenvalue weighted by Crippen LogP contribution is -2.11. The molecule has 22 heavy (non-hydrogen) atoms. The summed E-state index contributed by atoms with van der Waals surface area (Å²) in [5.74, 6) is 0.615. The maximum Gasteiger partial charge on any atom is 0.340 e. The zero-order valence-corrected chi connectivity index (χ0v) is 14.5. The molecule has 0 aliphatic heterocycles. The van der Waals surface area contributed by atoms with Crippen LogP contribution >= 0.6 is 11.6 Å². The molecule has 0 aliphatic carbocycles. The molecular weight excluding hydrogens is 322 g/mol. The van der Waals surface area contributed by atoms with Gasteiger partial charge in [-0.2, -0.15) is 8.42 Å². The lowest BCUT2D eigenvalue weighted by Gasteiger charge is -2.13. The first-order valence-corrected chi connectivity index (χ1v) is 8.66. The zero-order valence-electron chi connectivity index (χ0n) is 12.9. The molecule has 2 rings (SSSR count). The first-order valence-electron chi connectivity index (χ1n) is 6.88. The van der Waals surface area contributed by atoms with Gasteiger partial charge in [0.25, 0.3) is 0 Å². The molecule has 2 aromatic rings. The quantitative estimate of drug-likeness (QED) is 0.617. The van der Waals surface area contributed by atoms with Gasteiger partial charge in [-0.05, 0) is 48.6 Å². The maximum absolute atomic E-state index is 12.4. The van der Waals surface area contributed by atoms with Gasteiger partial charge in [0.2, 0.25) is 0 Å². The van der Waals surface area contributed by atoms with Crippen molar-refractivity contribution in [1.82, 2.24) is 4.98 Å². The Morgan fingerprint density at radius 2 is 1.82 bits per heavy atom. The Kier molecular flexibility index (Phi) is 4.78. The van der Waals surface area contributed by atoms with Gasteiger partial charge in [-0.1, -0.05) is 37.6 Å². The van der Waals surface area contributed by atoms with Crippen molar-refractivity contribution in [2.75, 3.05) is 0 Å². The molecular formula is C16H18ClNO3S. The fourth-order valence-electron chi connectivity index (χ4n) is 1.90. The maximum atomic E-state index is 12.4. The molecule has 0 saturated carbocycles. The Morgan fingerprint density at radius 1 is 1.14 bits per heavy atom. The highest BCUT2D eigenvalue weighted by atomic mass is 35.5. The lowest BCUT2D eigenvalue weighted by molar-refractivity contribution is 0.483. The molecule has 1 aromatic heterocycles. The predicted octanol–water partition coefficient (Wildman–Crippen LogP) is 4.24. The van der Waals surface area contributed by atoms with Crippen molar-refractivity contribution in [3.8, 4) is 5.75 Å². The molecule has 4 nitrogen and oxygen atoms in total.